The van der Waals surface area contributed by atoms with Crippen LogP contribution in [0.25, 0.3) is 11.0 Å². The average molecular weight is 327 g/mol. The van der Waals surface area contributed by atoms with Gasteiger partial charge in [-0.05, 0) is 28.0 Å². The van der Waals surface area contributed by atoms with E-state index in [1.807, 2.05) is 18.5 Å². The monoisotopic (exact) mass is 326 g/mol. The first-order valence-electron chi connectivity index (χ1n) is 6.15. The molecule has 3 nitrogen and oxygen atoms in total. The quantitative estimate of drug-likeness (QED) is 0.661. The molecule has 0 aliphatic carbocycles. The third kappa shape index (κ3) is 3.43. The molecule has 0 saturated carbocycles. The third-order valence-corrected chi connectivity index (χ3v) is 5.49. The van der Waals surface area contributed by atoms with Crippen LogP contribution in [0.15, 0.2) is 22.9 Å². The minimum Gasteiger partial charge on any atom is -0.377 e. The van der Waals surface area contributed by atoms with Crippen LogP contribution in [0, 0.1) is 0 Å². The fourth-order valence-corrected chi connectivity index (χ4v) is 2.97. The number of H-pyrrole nitrogens is 1. The topological polar surface area (TPSA) is 37.9 Å². The molecule has 5 heteroatoms. The molecule has 0 bridgehead atoms. The molecule has 2 rings (SSSR count). The molecule has 0 spiro atoms. The van der Waals surface area contributed by atoms with Crippen LogP contribution >= 0.6 is 15.9 Å². The first kappa shape index (κ1) is 13.8. The summed E-state index contributed by atoms with van der Waals surface area (Å²) < 4.78 is 6.84. The summed E-state index contributed by atoms with van der Waals surface area (Å²) in [5.41, 5.74) is 2.02. The van der Waals surface area contributed by atoms with Crippen LogP contribution in [0.2, 0.25) is 25.7 Å². The van der Waals surface area contributed by atoms with Crippen molar-refractivity contribution in [1.82, 2.24) is 9.97 Å². The van der Waals surface area contributed by atoms with E-state index in [2.05, 4.69) is 45.5 Å². The first-order chi connectivity index (χ1) is 8.47. The summed E-state index contributed by atoms with van der Waals surface area (Å²) in [6.45, 7) is 8.55. The molecule has 0 fully saturated rings. The lowest BCUT2D eigenvalue weighted by Gasteiger charge is -2.15. The highest BCUT2D eigenvalue weighted by atomic mass is 79.9. The highest BCUT2D eigenvalue weighted by Gasteiger charge is 2.12. The van der Waals surface area contributed by atoms with Gasteiger partial charge in [-0.1, -0.05) is 19.6 Å². The maximum atomic E-state index is 5.76. The van der Waals surface area contributed by atoms with Gasteiger partial charge in [0.1, 0.15) is 5.65 Å². The number of aromatic nitrogens is 2. The van der Waals surface area contributed by atoms with Crippen LogP contribution in [-0.4, -0.2) is 24.6 Å². The van der Waals surface area contributed by atoms with Crippen LogP contribution in [0.4, 0.5) is 0 Å². The second-order valence-electron chi connectivity index (χ2n) is 5.70. The number of halogens is 1. The van der Waals surface area contributed by atoms with Gasteiger partial charge in [0.2, 0.25) is 0 Å². The van der Waals surface area contributed by atoms with Gasteiger partial charge in [-0.3, -0.25) is 0 Å². The van der Waals surface area contributed by atoms with Crippen LogP contribution in [0.1, 0.15) is 5.56 Å². The number of fused-ring (bicyclic) bond motifs is 1. The number of aromatic amines is 1. The molecule has 0 atom stereocenters. The van der Waals surface area contributed by atoms with Crippen molar-refractivity contribution in [2.24, 2.45) is 0 Å². The molecular formula is C13H19BrN2OSi. The van der Waals surface area contributed by atoms with E-state index in [1.165, 1.54) is 6.04 Å². The van der Waals surface area contributed by atoms with Crippen molar-refractivity contribution in [2.45, 2.75) is 32.3 Å². The zero-order valence-electron chi connectivity index (χ0n) is 11.1. The van der Waals surface area contributed by atoms with Gasteiger partial charge in [0.05, 0.1) is 6.61 Å². The Labute approximate surface area is 117 Å². The number of nitrogens with one attached hydrogen (secondary N) is 1. The summed E-state index contributed by atoms with van der Waals surface area (Å²) in [5.74, 6) is 0. The van der Waals surface area contributed by atoms with Gasteiger partial charge in [-0.25, -0.2) is 4.98 Å². The van der Waals surface area contributed by atoms with E-state index in [-0.39, 0.29) is 0 Å². The van der Waals surface area contributed by atoms with E-state index >= 15 is 0 Å². The van der Waals surface area contributed by atoms with Gasteiger partial charge in [0.25, 0.3) is 0 Å². The second-order valence-corrected chi connectivity index (χ2v) is 12.1. The fraction of sp³-hybridized carbons (Fsp3) is 0.462. The molecule has 2 aromatic heterocycles. The minimum absolute atomic E-state index is 0.624. The highest BCUT2D eigenvalue weighted by molar-refractivity contribution is 9.10. The summed E-state index contributed by atoms with van der Waals surface area (Å²) in [6, 6.07) is 3.22. The Hall–Kier alpha value is -0.653. The molecule has 2 aromatic rings. The number of hydrogen-bond acceptors (Lipinski definition) is 2. The van der Waals surface area contributed by atoms with Crippen LogP contribution in [0.5, 0.6) is 0 Å². The number of hydrogen-bond donors (Lipinski definition) is 1. The standard InChI is InChI=1S/C13H19BrN2OSi/c1-18(2,3)7-6-17-9-10-8-16-13-11(12(10)14)4-5-15-13/h4-5,8H,6-7,9H2,1-3H3,(H,15,16). The Balaban J connectivity index is 1.97. The molecule has 2 heterocycles. The number of rotatable bonds is 5. The maximum absolute atomic E-state index is 5.76. The molecule has 18 heavy (non-hydrogen) atoms. The molecule has 98 valence electrons. The van der Waals surface area contributed by atoms with Crippen molar-refractivity contribution >= 4 is 35.0 Å². The Morgan fingerprint density at radius 3 is 2.89 bits per heavy atom. The first-order valence-corrected chi connectivity index (χ1v) is 10.7. The largest absolute Gasteiger partial charge is 0.377 e. The number of pyridine rings is 1. The SMILES string of the molecule is C[Si](C)(C)CCOCc1cnc2[nH]ccc2c1Br. The number of nitrogens with zero attached hydrogens (tertiary/aromatic N) is 1. The van der Waals surface area contributed by atoms with Gasteiger partial charge in [0.15, 0.2) is 0 Å². The van der Waals surface area contributed by atoms with Crippen molar-refractivity contribution in [3.05, 3.63) is 28.5 Å². The zero-order chi connectivity index (χ0) is 13.2. The van der Waals surface area contributed by atoms with Crippen molar-refractivity contribution in [1.29, 1.82) is 0 Å². The average Bonchev–Trinajstić information content (AvgIpc) is 2.74. The van der Waals surface area contributed by atoms with E-state index in [0.717, 1.165) is 27.7 Å². The fourth-order valence-electron chi connectivity index (χ4n) is 1.68. The minimum atomic E-state index is -0.999. The van der Waals surface area contributed by atoms with E-state index in [9.17, 15) is 0 Å². The molecule has 0 aliphatic rings. The van der Waals surface area contributed by atoms with E-state index < -0.39 is 8.07 Å². The second kappa shape index (κ2) is 5.55. The summed E-state index contributed by atoms with van der Waals surface area (Å²) in [4.78, 5) is 7.47. The lowest BCUT2D eigenvalue weighted by atomic mass is 10.2. The highest BCUT2D eigenvalue weighted by Crippen LogP contribution is 2.26. The molecule has 0 amide bonds. The lowest BCUT2D eigenvalue weighted by molar-refractivity contribution is 0.132. The van der Waals surface area contributed by atoms with Crippen molar-refractivity contribution in [3.63, 3.8) is 0 Å². The molecule has 0 aliphatic heterocycles. The van der Waals surface area contributed by atoms with E-state index in [4.69, 9.17) is 4.74 Å². The van der Waals surface area contributed by atoms with Crippen LogP contribution < -0.4 is 0 Å². The summed E-state index contributed by atoms with van der Waals surface area (Å²) in [7, 11) is -0.999. The Bertz CT molecular complexity index is 533. The Kier molecular flexibility index (Phi) is 4.24. The van der Waals surface area contributed by atoms with Crippen LogP contribution in [0.3, 0.4) is 0 Å². The maximum Gasteiger partial charge on any atom is 0.138 e. The molecular weight excluding hydrogens is 308 g/mol. The van der Waals surface area contributed by atoms with Crippen LogP contribution in [-0.2, 0) is 11.3 Å². The predicted molar refractivity (Wildman–Crippen MR) is 81.6 cm³/mol. The summed E-state index contributed by atoms with van der Waals surface area (Å²) in [5, 5.41) is 1.11. The summed E-state index contributed by atoms with van der Waals surface area (Å²) in [6.07, 6.45) is 3.77. The van der Waals surface area contributed by atoms with Gasteiger partial charge < -0.3 is 9.72 Å². The Morgan fingerprint density at radius 1 is 1.39 bits per heavy atom. The van der Waals surface area contributed by atoms with Gasteiger partial charge >= 0.3 is 0 Å². The molecule has 1 N–H and O–H groups in total. The summed E-state index contributed by atoms with van der Waals surface area (Å²) >= 11 is 3.62. The van der Waals surface area contributed by atoms with E-state index in [0.29, 0.717) is 6.61 Å². The predicted octanol–water partition coefficient (Wildman–Crippen LogP) is 4.18. The van der Waals surface area contributed by atoms with Gasteiger partial charge in [-0.15, -0.1) is 0 Å². The molecule has 0 aromatic carbocycles. The smallest absolute Gasteiger partial charge is 0.138 e. The van der Waals surface area contributed by atoms with Crippen molar-refractivity contribution in [2.75, 3.05) is 6.61 Å². The van der Waals surface area contributed by atoms with Crippen molar-refractivity contribution < 1.29 is 4.74 Å². The normalized spacial score (nSPS) is 12.2. The Morgan fingerprint density at radius 2 is 2.17 bits per heavy atom. The molecule has 0 saturated heterocycles. The van der Waals surface area contributed by atoms with Crippen molar-refractivity contribution in [3.8, 4) is 0 Å². The lowest BCUT2D eigenvalue weighted by Crippen LogP contribution is -2.21. The molecule has 0 radical (unpaired) electrons. The zero-order valence-corrected chi connectivity index (χ0v) is 13.7. The number of ether oxygens (including phenoxy) is 1. The van der Waals surface area contributed by atoms with Gasteiger partial charge in [-0.2, -0.15) is 0 Å². The molecule has 0 unspecified atom stereocenters. The van der Waals surface area contributed by atoms with Gasteiger partial charge in [0, 0.05) is 42.5 Å². The third-order valence-electron chi connectivity index (χ3n) is 2.85. The van der Waals surface area contributed by atoms with E-state index in [1.54, 1.807) is 0 Å².